The molecule has 0 spiro atoms. The summed E-state index contributed by atoms with van der Waals surface area (Å²) in [6.07, 6.45) is -4.60. The molecule has 0 saturated heterocycles. The summed E-state index contributed by atoms with van der Waals surface area (Å²) in [5.74, 6) is -0.589. The fourth-order valence-corrected chi connectivity index (χ4v) is 3.86. The van der Waals surface area contributed by atoms with Crippen LogP contribution in [0.2, 0.25) is 0 Å². The Labute approximate surface area is 179 Å². The molecule has 4 nitrogen and oxygen atoms in total. The van der Waals surface area contributed by atoms with Gasteiger partial charge in [0.05, 0.1) is 5.56 Å². The summed E-state index contributed by atoms with van der Waals surface area (Å²) in [6, 6.07) is 9.17. The van der Waals surface area contributed by atoms with Gasteiger partial charge in [-0.05, 0) is 55.8 Å². The molecule has 0 atom stereocenters. The summed E-state index contributed by atoms with van der Waals surface area (Å²) < 4.78 is 58.3. The van der Waals surface area contributed by atoms with Crippen molar-refractivity contribution in [1.82, 2.24) is 0 Å². The highest BCUT2D eigenvalue weighted by molar-refractivity contribution is 7.15. The number of ether oxygens (including phenoxy) is 1. The Morgan fingerprint density at radius 1 is 1.03 bits per heavy atom. The number of halogens is 4. The molecular formula is C22H18F4O4S. The van der Waals surface area contributed by atoms with E-state index in [0.29, 0.717) is 28.0 Å². The number of benzene rings is 2. The molecule has 9 heteroatoms. The summed E-state index contributed by atoms with van der Waals surface area (Å²) in [6.45, 7) is 5.00. The van der Waals surface area contributed by atoms with Crippen molar-refractivity contribution >= 4 is 17.3 Å². The highest BCUT2D eigenvalue weighted by Crippen LogP contribution is 2.37. The number of hydrogen-bond donors (Lipinski definition) is 0. The number of alkyl halides is 3. The second-order valence-corrected chi connectivity index (χ2v) is 7.92. The Morgan fingerprint density at radius 3 is 2.39 bits per heavy atom. The number of carbonyl (C=O) groups excluding carboxylic acids is 1. The van der Waals surface area contributed by atoms with Gasteiger partial charge in [-0.15, -0.1) is 11.3 Å². The molecule has 2 aromatic carbocycles. The van der Waals surface area contributed by atoms with Crippen LogP contribution in [0.5, 0.6) is 11.5 Å². The van der Waals surface area contributed by atoms with Crippen LogP contribution in [0.15, 0.2) is 42.5 Å². The van der Waals surface area contributed by atoms with Gasteiger partial charge in [-0.1, -0.05) is 6.07 Å². The summed E-state index contributed by atoms with van der Waals surface area (Å²) in [5.41, 5.74) is 0.609. The molecule has 0 N–H and O–H groups in total. The third-order valence-corrected chi connectivity index (χ3v) is 5.59. The van der Waals surface area contributed by atoms with E-state index in [1.165, 1.54) is 18.3 Å². The predicted octanol–water partition coefficient (Wildman–Crippen LogP) is 6.63. The lowest BCUT2D eigenvalue weighted by atomic mass is 10.1. The molecule has 3 aromatic rings. The van der Waals surface area contributed by atoms with Gasteiger partial charge in [0, 0.05) is 27.8 Å². The zero-order valence-electron chi connectivity index (χ0n) is 16.8. The molecule has 31 heavy (non-hydrogen) atoms. The number of rotatable bonds is 6. The van der Waals surface area contributed by atoms with Crippen LogP contribution in [-0.4, -0.2) is 5.97 Å². The van der Waals surface area contributed by atoms with Crippen LogP contribution in [-0.2, 0) is 22.5 Å². The standard InChI is InChI=1S/C22H18F4O4S/c1-12-8-16(5-7-19(12)30-29-14(3)27)28-11-21-13(2)9-20(31-21)17-6-4-15(10-18(17)23)22(24,25)26/h4-10H,11H2,1-3H3. The van der Waals surface area contributed by atoms with Gasteiger partial charge >= 0.3 is 12.1 Å². The molecule has 0 amide bonds. The van der Waals surface area contributed by atoms with Gasteiger partial charge in [-0.2, -0.15) is 13.2 Å². The monoisotopic (exact) mass is 454 g/mol. The molecule has 0 bridgehead atoms. The highest BCUT2D eigenvalue weighted by atomic mass is 32.1. The summed E-state index contributed by atoms with van der Waals surface area (Å²) in [7, 11) is 0. The maximum atomic E-state index is 14.3. The van der Waals surface area contributed by atoms with Gasteiger partial charge in [0.2, 0.25) is 0 Å². The van der Waals surface area contributed by atoms with Crippen molar-refractivity contribution in [2.75, 3.05) is 0 Å². The minimum atomic E-state index is -4.60. The maximum Gasteiger partial charge on any atom is 0.416 e. The lowest BCUT2D eigenvalue weighted by Crippen LogP contribution is -2.05. The molecule has 1 heterocycles. The third kappa shape index (κ3) is 5.55. The van der Waals surface area contributed by atoms with E-state index in [0.717, 1.165) is 22.6 Å². The van der Waals surface area contributed by atoms with Crippen molar-refractivity contribution in [1.29, 1.82) is 0 Å². The molecule has 0 saturated carbocycles. The summed E-state index contributed by atoms with van der Waals surface area (Å²) >= 11 is 1.25. The molecule has 1 aromatic heterocycles. The van der Waals surface area contributed by atoms with E-state index in [-0.39, 0.29) is 12.2 Å². The molecule has 0 aliphatic rings. The molecule has 3 rings (SSSR count). The normalized spacial score (nSPS) is 11.3. The summed E-state index contributed by atoms with van der Waals surface area (Å²) in [4.78, 5) is 21.6. The minimum Gasteiger partial charge on any atom is -0.488 e. The topological polar surface area (TPSA) is 44.8 Å². The Balaban J connectivity index is 1.72. The Hall–Kier alpha value is -3.07. The van der Waals surface area contributed by atoms with Crippen LogP contribution >= 0.6 is 11.3 Å². The molecule has 0 aliphatic carbocycles. The first kappa shape index (κ1) is 22.6. The quantitative estimate of drug-likeness (QED) is 0.238. The van der Waals surface area contributed by atoms with Crippen molar-refractivity contribution in [2.24, 2.45) is 0 Å². The van der Waals surface area contributed by atoms with Crippen LogP contribution in [0, 0.1) is 19.7 Å². The fraction of sp³-hybridized carbons (Fsp3) is 0.227. The lowest BCUT2D eigenvalue weighted by molar-refractivity contribution is -0.211. The van der Waals surface area contributed by atoms with E-state index < -0.39 is 23.5 Å². The first-order valence-electron chi connectivity index (χ1n) is 9.09. The highest BCUT2D eigenvalue weighted by Gasteiger charge is 2.31. The van der Waals surface area contributed by atoms with E-state index in [2.05, 4.69) is 4.89 Å². The first-order chi connectivity index (χ1) is 14.5. The van der Waals surface area contributed by atoms with E-state index in [9.17, 15) is 22.4 Å². The van der Waals surface area contributed by atoms with Gasteiger partial charge in [0.1, 0.15) is 18.2 Å². The van der Waals surface area contributed by atoms with Gasteiger partial charge in [-0.25, -0.2) is 9.18 Å². The van der Waals surface area contributed by atoms with Gasteiger partial charge in [0.25, 0.3) is 0 Å². The molecule has 0 aliphatic heterocycles. The lowest BCUT2D eigenvalue weighted by Gasteiger charge is -2.09. The SMILES string of the molecule is CC(=O)OOc1ccc(OCc2sc(-c3ccc(C(F)(F)F)cc3F)cc2C)cc1C. The van der Waals surface area contributed by atoms with Gasteiger partial charge < -0.3 is 4.74 Å². The van der Waals surface area contributed by atoms with Crippen LogP contribution in [0.4, 0.5) is 17.6 Å². The smallest absolute Gasteiger partial charge is 0.416 e. The van der Waals surface area contributed by atoms with Crippen LogP contribution in [0.1, 0.15) is 28.5 Å². The Kier molecular flexibility index (Phi) is 6.54. The van der Waals surface area contributed by atoms with Gasteiger partial charge in [-0.3, -0.25) is 9.78 Å². The average Bonchev–Trinajstić information content (AvgIpc) is 3.05. The van der Waals surface area contributed by atoms with Crippen molar-refractivity contribution in [3.8, 4) is 21.9 Å². The second kappa shape index (κ2) is 8.97. The number of aryl methyl sites for hydroxylation is 2. The number of thiophene rings is 1. The molecule has 164 valence electrons. The molecule has 0 unspecified atom stereocenters. The maximum absolute atomic E-state index is 14.3. The average molecular weight is 454 g/mol. The van der Waals surface area contributed by atoms with Crippen molar-refractivity contribution in [3.05, 3.63) is 69.8 Å². The van der Waals surface area contributed by atoms with Crippen LogP contribution in [0.25, 0.3) is 10.4 Å². The largest absolute Gasteiger partial charge is 0.488 e. The van der Waals surface area contributed by atoms with Crippen LogP contribution in [0.3, 0.4) is 0 Å². The second-order valence-electron chi connectivity index (χ2n) is 6.78. The zero-order chi connectivity index (χ0) is 22.8. The van der Waals surface area contributed by atoms with E-state index in [4.69, 9.17) is 9.62 Å². The van der Waals surface area contributed by atoms with Crippen molar-refractivity contribution in [3.63, 3.8) is 0 Å². The van der Waals surface area contributed by atoms with E-state index >= 15 is 0 Å². The van der Waals surface area contributed by atoms with Crippen molar-refractivity contribution in [2.45, 2.75) is 33.6 Å². The summed E-state index contributed by atoms with van der Waals surface area (Å²) in [5, 5.41) is 0. The number of hydrogen-bond acceptors (Lipinski definition) is 5. The van der Waals surface area contributed by atoms with E-state index in [1.807, 2.05) is 6.92 Å². The van der Waals surface area contributed by atoms with Gasteiger partial charge in [0.15, 0.2) is 5.75 Å². The molecule has 0 radical (unpaired) electrons. The fourth-order valence-electron chi connectivity index (χ4n) is 2.74. The first-order valence-corrected chi connectivity index (χ1v) is 9.91. The zero-order valence-corrected chi connectivity index (χ0v) is 17.6. The Morgan fingerprint density at radius 2 is 1.77 bits per heavy atom. The minimum absolute atomic E-state index is 0.107. The van der Waals surface area contributed by atoms with E-state index in [1.54, 1.807) is 31.2 Å². The van der Waals surface area contributed by atoms with Crippen LogP contribution < -0.4 is 9.62 Å². The molecular weight excluding hydrogens is 436 g/mol. The molecule has 0 fully saturated rings. The Bertz CT molecular complexity index is 1110. The third-order valence-electron chi connectivity index (χ3n) is 4.35. The number of carbonyl (C=O) groups is 1. The van der Waals surface area contributed by atoms with Crippen molar-refractivity contribution < 1.29 is 36.9 Å². The predicted molar refractivity (Wildman–Crippen MR) is 107 cm³/mol.